The van der Waals surface area contributed by atoms with Crippen LogP contribution in [0.3, 0.4) is 0 Å². The molecule has 16 heavy (non-hydrogen) atoms. The third-order valence-corrected chi connectivity index (χ3v) is 3.33. The van der Waals surface area contributed by atoms with Gasteiger partial charge in [-0.25, -0.2) is 4.39 Å². The average Bonchev–Trinajstić information content (AvgIpc) is 2.25. The molecular weight excluding hydrogens is 223 g/mol. The van der Waals surface area contributed by atoms with Crippen LogP contribution in [0, 0.1) is 11.7 Å². The van der Waals surface area contributed by atoms with E-state index >= 15 is 0 Å². The van der Waals surface area contributed by atoms with Crippen LogP contribution in [-0.2, 0) is 4.79 Å². The fraction of sp³-hybridized carbons (Fsp3) is 0.462. The van der Waals surface area contributed by atoms with Crippen LogP contribution in [0.1, 0.15) is 26.7 Å². The zero-order chi connectivity index (χ0) is 12.0. The number of Topliss-reactive ketones (excluding diaryl/α,β-unsaturated/α-hetero) is 1. The minimum absolute atomic E-state index is 0.196. The molecule has 1 aromatic carbocycles. The predicted molar refractivity (Wildman–Crippen MR) is 66.2 cm³/mol. The number of thioether (sulfide) groups is 1. The SMILES string of the molecule is CC(C)CCC(=O)CSc1ccccc1F. The van der Waals surface area contributed by atoms with Gasteiger partial charge in [0.25, 0.3) is 0 Å². The molecule has 0 heterocycles. The Labute approximate surface area is 100 Å². The number of hydrogen-bond donors (Lipinski definition) is 0. The Morgan fingerprint density at radius 2 is 2.06 bits per heavy atom. The molecule has 3 heteroatoms. The second-order valence-corrected chi connectivity index (χ2v) is 5.21. The Balaban J connectivity index is 2.35. The summed E-state index contributed by atoms with van der Waals surface area (Å²) >= 11 is 1.28. The molecule has 0 bridgehead atoms. The van der Waals surface area contributed by atoms with Gasteiger partial charge >= 0.3 is 0 Å². The zero-order valence-electron chi connectivity index (χ0n) is 9.70. The maximum Gasteiger partial charge on any atom is 0.143 e. The number of carbonyl (C=O) groups excluding carboxylic acids is 1. The van der Waals surface area contributed by atoms with E-state index in [2.05, 4.69) is 13.8 Å². The van der Waals surface area contributed by atoms with E-state index in [1.165, 1.54) is 17.8 Å². The molecule has 1 rings (SSSR count). The molecule has 0 aromatic heterocycles. The summed E-state index contributed by atoms with van der Waals surface area (Å²) in [6.07, 6.45) is 1.51. The largest absolute Gasteiger partial charge is 0.299 e. The van der Waals surface area contributed by atoms with Crippen LogP contribution < -0.4 is 0 Å². The molecule has 0 radical (unpaired) electrons. The van der Waals surface area contributed by atoms with Crippen molar-refractivity contribution in [1.82, 2.24) is 0 Å². The van der Waals surface area contributed by atoms with Crippen molar-refractivity contribution in [3.8, 4) is 0 Å². The summed E-state index contributed by atoms with van der Waals surface area (Å²) in [5.74, 6) is 0.863. The van der Waals surface area contributed by atoms with Crippen molar-refractivity contribution < 1.29 is 9.18 Å². The van der Waals surface area contributed by atoms with Gasteiger partial charge in [0, 0.05) is 11.3 Å². The first-order valence-corrected chi connectivity index (χ1v) is 6.47. The van der Waals surface area contributed by atoms with Crippen molar-refractivity contribution in [3.63, 3.8) is 0 Å². The minimum Gasteiger partial charge on any atom is -0.299 e. The third-order valence-electron chi connectivity index (χ3n) is 2.23. The molecule has 0 aliphatic rings. The summed E-state index contributed by atoms with van der Waals surface area (Å²) in [5.41, 5.74) is 0. The van der Waals surface area contributed by atoms with Gasteiger partial charge in [0.1, 0.15) is 11.6 Å². The van der Waals surface area contributed by atoms with Crippen LogP contribution >= 0.6 is 11.8 Å². The Bertz CT molecular complexity index is 350. The molecule has 1 nitrogen and oxygen atoms in total. The maximum absolute atomic E-state index is 13.2. The van der Waals surface area contributed by atoms with Crippen LogP contribution in [0.5, 0.6) is 0 Å². The van der Waals surface area contributed by atoms with E-state index in [-0.39, 0.29) is 11.6 Å². The molecule has 1 aromatic rings. The number of ketones is 1. The Morgan fingerprint density at radius 1 is 1.38 bits per heavy atom. The number of benzene rings is 1. The third kappa shape index (κ3) is 4.79. The quantitative estimate of drug-likeness (QED) is 0.701. The lowest BCUT2D eigenvalue weighted by molar-refractivity contribution is -0.116. The second-order valence-electron chi connectivity index (χ2n) is 4.19. The monoisotopic (exact) mass is 240 g/mol. The summed E-state index contributed by atoms with van der Waals surface area (Å²) < 4.78 is 13.2. The molecule has 88 valence electrons. The highest BCUT2D eigenvalue weighted by atomic mass is 32.2. The van der Waals surface area contributed by atoms with E-state index in [1.54, 1.807) is 18.2 Å². The van der Waals surface area contributed by atoms with Crippen molar-refractivity contribution in [2.24, 2.45) is 5.92 Å². The van der Waals surface area contributed by atoms with Gasteiger partial charge in [-0.1, -0.05) is 26.0 Å². The van der Waals surface area contributed by atoms with Gasteiger partial charge in [-0.3, -0.25) is 4.79 Å². The summed E-state index contributed by atoms with van der Waals surface area (Å²) in [6, 6.07) is 6.56. The van der Waals surface area contributed by atoms with Gasteiger partial charge in [-0.15, -0.1) is 11.8 Å². The maximum atomic E-state index is 13.2. The van der Waals surface area contributed by atoms with Crippen molar-refractivity contribution >= 4 is 17.5 Å². The molecule has 0 saturated carbocycles. The van der Waals surface area contributed by atoms with Gasteiger partial charge in [0.05, 0.1) is 5.75 Å². The molecule has 0 fully saturated rings. The predicted octanol–water partition coefficient (Wildman–Crippen LogP) is 3.92. The van der Waals surface area contributed by atoms with E-state index in [0.29, 0.717) is 23.0 Å². The molecule has 0 amide bonds. The van der Waals surface area contributed by atoms with Crippen LogP contribution in [0.15, 0.2) is 29.2 Å². The number of hydrogen-bond acceptors (Lipinski definition) is 2. The normalized spacial score (nSPS) is 10.8. The topological polar surface area (TPSA) is 17.1 Å². The summed E-state index contributed by atoms with van der Waals surface area (Å²) in [5, 5.41) is 0. The van der Waals surface area contributed by atoms with Crippen LogP contribution in [0.2, 0.25) is 0 Å². The second kappa shape index (κ2) is 6.69. The molecule has 0 unspecified atom stereocenters. The zero-order valence-corrected chi connectivity index (χ0v) is 10.5. The molecule has 0 aliphatic carbocycles. The lowest BCUT2D eigenvalue weighted by atomic mass is 10.1. The number of halogens is 1. The highest BCUT2D eigenvalue weighted by Gasteiger charge is 2.07. The van der Waals surface area contributed by atoms with Crippen LogP contribution in [0.25, 0.3) is 0 Å². The van der Waals surface area contributed by atoms with Crippen LogP contribution in [-0.4, -0.2) is 11.5 Å². The highest BCUT2D eigenvalue weighted by Crippen LogP contribution is 2.21. The van der Waals surface area contributed by atoms with Crippen LogP contribution in [0.4, 0.5) is 4.39 Å². The van der Waals surface area contributed by atoms with Crippen molar-refractivity contribution in [2.45, 2.75) is 31.6 Å². The van der Waals surface area contributed by atoms with Gasteiger partial charge in [-0.05, 0) is 24.5 Å². The minimum atomic E-state index is -0.246. The average molecular weight is 240 g/mol. The molecular formula is C13H17FOS. The first-order chi connectivity index (χ1) is 7.59. The number of rotatable bonds is 6. The smallest absolute Gasteiger partial charge is 0.143 e. The van der Waals surface area contributed by atoms with E-state index in [1.807, 2.05) is 0 Å². The summed E-state index contributed by atoms with van der Waals surface area (Å²) in [6.45, 7) is 4.19. The van der Waals surface area contributed by atoms with E-state index < -0.39 is 0 Å². The first kappa shape index (κ1) is 13.2. The lowest BCUT2D eigenvalue weighted by Crippen LogP contribution is -2.03. The van der Waals surface area contributed by atoms with E-state index in [9.17, 15) is 9.18 Å². The van der Waals surface area contributed by atoms with Gasteiger partial charge < -0.3 is 0 Å². The van der Waals surface area contributed by atoms with Crippen molar-refractivity contribution in [1.29, 1.82) is 0 Å². The van der Waals surface area contributed by atoms with Gasteiger partial charge in [0.15, 0.2) is 0 Å². The van der Waals surface area contributed by atoms with Gasteiger partial charge in [-0.2, -0.15) is 0 Å². The molecule has 0 N–H and O–H groups in total. The van der Waals surface area contributed by atoms with Crippen molar-refractivity contribution in [3.05, 3.63) is 30.1 Å². The lowest BCUT2D eigenvalue weighted by Gasteiger charge is -2.04. The molecule has 0 saturated heterocycles. The fourth-order valence-corrected chi connectivity index (χ4v) is 2.08. The Morgan fingerprint density at radius 3 is 2.69 bits per heavy atom. The molecule has 0 spiro atoms. The van der Waals surface area contributed by atoms with Crippen molar-refractivity contribution in [2.75, 3.05) is 5.75 Å². The summed E-state index contributed by atoms with van der Waals surface area (Å²) in [7, 11) is 0. The van der Waals surface area contributed by atoms with Gasteiger partial charge in [0.2, 0.25) is 0 Å². The standard InChI is InChI=1S/C13H17FOS/c1-10(2)7-8-11(15)9-16-13-6-4-3-5-12(13)14/h3-6,10H,7-9H2,1-2H3. The van der Waals surface area contributed by atoms with E-state index in [4.69, 9.17) is 0 Å². The highest BCUT2D eigenvalue weighted by molar-refractivity contribution is 8.00. The first-order valence-electron chi connectivity index (χ1n) is 5.48. The Kier molecular flexibility index (Phi) is 5.53. The van der Waals surface area contributed by atoms with E-state index in [0.717, 1.165) is 6.42 Å². The fourth-order valence-electron chi connectivity index (χ4n) is 1.24. The number of carbonyl (C=O) groups is 1. The Hall–Kier alpha value is -0.830. The molecule has 0 aliphatic heterocycles. The summed E-state index contributed by atoms with van der Waals surface area (Å²) in [4.78, 5) is 12.0. The molecule has 0 atom stereocenters.